The Labute approximate surface area is 226 Å². The van der Waals surface area contributed by atoms with Crippen LogP contribution in [0.1, 0.15) is 95.6 Å². The standard InChI is InChI=1S/C31H53N3O3/c1-3-4-11-19-32-24-29(23-26-14-7-5-8-15-26)33-31(35)34-20-12-18-28(25-34)30(37-22-13-21-36-2)27-16-9-6-10-17-27/h6,9-10,16-17,26,28-30,32H,3-5,7-8,11-15,18-25H2,1-2H3,(H,33,35). The first-order valence-corrected chi connectivity index (χ1v) is 15.1. The number of rotatable bonds is 16. The van der Waals surface area contributed by atoms with Gasteiger partial charge >= 0.3 is 6.03 Å². The fourth-order valence-electron chi connectivity index (χ4n) is 6.06. The van der Waals surface area contributed by atoms with Crippen molar-refractivity contribution in [1.82, 2.24) is 15.5 Å². The second-order valence-electron chi connectivity index (χ2n) is 11.2. The summed E-state index contributed by atoms with van der Waals surface area (Å²) in [7, 11) is 1.73. The lowest BCUT2D eigenvalue weighted by Gasteiger charge is -2.38. The van der Waals surface area contributed by atoms with Crippen molar-refractivity contribution in [2.75, 3.05) is 46.5 Å². The smallest absolute Gasteiger partial charge is 0.317 e. The third kappa shape index (κ3) is 10.9. The molecule has 3 atom stereocenters. The molecule has 0 bridgehead atoms. The Balaban J connectivity index is 1.58. The number of unbranched alkanes of at least 4 members (excludes halogenated alkanes) is 2. The molecule has 3 rings (SSSR count). The van der Waals surface area contributed by atoms with Gasteiger partial charge in [-0.15, -0.1) is 0 Å². The Morgan fingerprint density at radius 2 is 1.84 bits per heavy atom. The average Bonchev–Trinajstić information content (AvgIpc) is 2.94. The zero-order chi connectivity index (χ0) is 26.1. The maximum atomic E-state index is 13.5. The molecule has 210 valence electrons. The van der Waals surface area contributed by atoms with E-state index in [0.29, 0.717) is 19.1 Å². The Morgan fingerprint density at radius 1 is 1.03 bits per heavy atom. The Morgan fingerprint density at radius 3 is 2.59 bits per heavy atom. The molecule has 2 amide bonds. The van der Waals surface area contributed by atoms with Gasteiger partial charge in [0.25, 0.3) is 0 Å². The number of nitrogens with zero attached hydrogens (tertiary/aromatic N) is 1. The second-order valence-corrected chi connectivity index (χ2v) is 11.2. The minimum atomic E-state index is 0.00641. The third-order valence-electron chi connectivity index (χ3n) is 8.11. The lowest BCUT2D eigenvalue weighted by Crippen LogP contribution is -2.52. The van der Waals surface area contributed by atoms with Crippen LogP contribution in [0.5, 0.6) is 0 Å². The number of benzene rings is 1. The van der Waals surface area contributed by atoms with Gasteiger partial charge in [0.05, 0.1) is 6.10 Å². The molecular formula is C31H53N3O3. The van der Waals surface area contributed by atoms with Crippen molar-refractivity contribution >= 4 is 6.03 Å². The van der Waals surface area contributed by atoms with Gasteiger partial charge in [-0.2, -0.15) is 0 Å². The van der Waals surface area contributed by atoms with E-state index < -0.39 is 0 Å². The fraction of sp³-hybridized carbons (Fsp3) is 0.774. The number of carbonyl (C=O) groups is 1. The molecule has 0 aromatic heterocycles. The van der Waals surface area contributed by atoms with Gasteiger partial charge in [-0.25, -0.2) is 4.79 Å². The van der Waals surface area contributed by atoms with E-state index in [1.165, 1.54) is 56.9 Å². The van der Waals surface area contributed by atoms with Crippen molar-refractivity contribution in [1.29, 1.82) is 0 Å². The van der Waals surface area contributed by atoms with Crippen LogP contribution in [0.3, 0.4) is 0 Å². The summed E-state index contributed by atoms with van der Waals surface area (Å²) in [4.78, 5) is 15.6. The molecule has 3 unspecified atom stereocenters. The van der Waals surface area contributed by atoms with Crippen LogP contribution in [0.4, 0.5) is 4.79 Å². The van der Waals surface area contributed by atoms with E-state index in [2.05, 4.69) is 47.9 Å². The van der Waals surface area contributed by atoms with E-state index in [9.17, 15) is 4.79 Å². The van der Waals surface area contributed by atoms with Gasteiger partial charge in [0.1, 0.15) is 0 Å². The summed E-state index contributed by atoms with van der Waals surface area (Å²) >= 11 is 0. The molecular weight excluding hydrogens is 462 g/mol. The predicted octanol–water partition coefficient (Wildman–Crippen LogP) is 6.32. The Bertz CT molecular complexity index is 726. The number of urea groups is 1. The lowest BCUT2D eigenvalue weighted by molar-refractivity contribution is -0.0168. The molecule has 0 radical (unpaired) electrons. The molecule has 0 spiro atoms. The van der Waals surface area contributed by atoms with Gasteiger partial charge in [-0.1, -0.05) is 82.2 Å². The number of likely N-dealkylation sites (tertiary alicyclic amines) is 1. The predicted molar refractivity (Wildman–Crippen MR) is 152 cm³/mol. The molecule has 6 heteroatoms. The first-order valence-electron chi connectivity index (χ1n) is 15.1. The first kappa shape index (κ1) is 29.9. The van der Waals surface area contributed by atoms with Crippen molar-refractivity contribution in [2.24, 2.45) is 11.8 Å². The SMILES string of the molecule is CCCCCNCC(CC1CCCCC1)NC(=O)N1CCCC(C(OCCCOC)c2ccccc2)C1. The largest absolute Gasteiger partial charge is 0.385 e. The lowest BCUT2D eigenvalue weighted by atomic mass is 9.84. The summed E-state index contributed by atoms with van der Waals surface area (Å²) in [6.45, 7) is 7.10. The monoisotopic (exact) mass is 515 g/mol. The molecule has 1 saturated heterocycles. The maximum Gasteiger partial charge on any atom is 0.317 e. The summed E-state index contributed by atoms with van der Waals surface area (Å²) in [6, 6.07) is 10.8. The summed E-state index contributed by atoms with van der Waals surface area (Å²) in [6.07, 6.45) is 14.5. The van der Waals surface area contributed by atoms with Crippen molar-refractivity contribution in [3.63, 3.8) is 0 Å². The van der Waals surface area contributed by atoms with E-state index in [1.54, 1.807) is 7.11 Å². The number of hydrogen-bond acceptors (Lipinski definition) is 4. The zero-order valence-electron chi connectivity index (χ0n) is 23.6. The molecule has 2 N–H and O–H groups in total. The summed E-state index contributed by atoms with van der Waals surface area (Å²) in [5, 5.41) is 7.09. The molecule has 6 nitrogen and oxygen atoms in total. The normalized spacial score (nSPS) is 20.5. The van der Waals surface area contributed by atoms with Crippen LogP contribution in [0.15, 0.2) is 30.3 Å². The summed E-state index contributed by atoms with van der Waals surface area (Å²) in [5.74, 6) is 1.04. The quantitative estimate of drug-likeness (QED) is 0.253. The first-order chi connectivity index (χ1) is 18.2. The minimum absolute atomic E-state index is 0.00641. The molecule has 1 aliphatic carbocycles. The zero-order valence-corrected chi connectivity index (χ0v) is 23.6. The van der Waals surface area contributed by atoms with Crippen LogP contribution >= 0.6 is 0 Å². The average molecular weight is 516 g/mol. The van der Waals surface area contributed by atoms with Gasteiger partial charge in [0, 0.05) is 51.9 Å². The number of amides is 2. The van der Waals surface area contributed by atoms with Gasteiger partial charge in [0.2, 0.25) is 0 Å². The molecule has 1 aliphatic heterocycles. The highest BCUT2D eigenvalue weighted by molar-refractivity contribution is 5.74. The third-order valence-corrected chi connectivity index (χ3v) is 8.11. The number of nitrogens with one attached hydrogen (secondary N) is 2. The van der Waals surface area contributed by atoms with Crippen LogP contribution in [-0.4, -0.2) is 63.5 Å². The Kier molecular flexibility index (Phi) is 14.4. The highest BCUT2D eigenvalue weighted by Crippen LogP contribution is 2.33. The van der Waals surface area contributed by atoms with E-state index in [1.807, 2.05) is 4.90 Å². The molecule has 37 heavy (non-hydrogen) atoms. The van der Waals surface area contributed by atoms with E-state index in [-0.39, 0.29) is 18.2 Å². The second kappa shape index (κ2) is 17.8. The van der Waals surface area contributed by atoms with Crippen LogP contribution in [-0.2, 0) is 9.47 Å². The van der Waals surface area contributed by atoms with E-state index in [4.69, 9.17) is 9.47 Å². The fourth-order valence-corrected chi connectivity index (χ4v) is 6.06. The van der Waals surface area contributed by atoms with Gasteiger partial charge in [-0.3, -0.25) is 0 Å². The summed E-state index contributed by atoms with van der Waals surface area (Å²) < 4.78 is 11.6. The molecule has 2 fully saturated rings. The maximum absolute atomic E-state index is 13.5. The van der Waals surface area contributed by atoms with Gasteiger partial charge in [-0.05, 0) is 50.1 Å². The number of hydrogen-bond donors (Lipinski definition) is 2. The Hall–Kier alpha value is -1.63. The minimum Gasteiger partial charge on any atom is -0.385 e. The number of methoxy groups -OCH3 is 1. The van der Waals surface area contributed by atoms with Crippen molar-refractivity contribution in [2.45, 2.75) is 96.1 Å². The molecule has 1 aromatic rings. The number of carbonyl (C=O) groups excluding carboxylic acids is 1. The topological polar surface area (TPSA) is 62.8 Å². The van der Waals surface area contributed by atoms with Crippen LogP contribution in [0.25, 0.3) is 0 Å². The van der Waals surface area contributed by atoms with E-state index in [0.717, 1.165) is 57.8 Å². The highest BCUT2D eigenvalue weighted by Gasteiger charge is 2.32. The van der Waals surface area contributed by atoms with Gasteiger partial charge < -0.3 is 25.0 Å². The van der Waals surface area contributed by atoms with E-state index >= 15 is 0 Å². The summed E-state index contributed by atoms with van der Waals surface area (Å²) in [5.41, 5.74) is 1.21. The molecule has 1 heterocycles. The van der Waals surface area contributed by atoms with Crippen LogP contribution in [0, 0.1) is 11.8 Å². The van der Waals surface area contributed by atoms with Crippen molar-refractivity contribution < 1.29 is 14.3 Å². The van der Waals surface area contributed by atoms with Crippen molar-refractivity contribution in [3.05, 3.63) is 35.9 Å². The van der Waals surface area contributed by atoms with Crippen molar-refractivity contribution in [3.8, 4) is 0 Å². The molecule has 1 aromatic carbocycles. The molecule has 2 aliphatic rings. The van der Waals surface area contributed by atoms with Crippen LogP contribution < -0.4 is 10.6 Å². The highest BCUT2D eigenvalue weighted by atomic mass is 16.5. The van der Waals surface area contributed by atoms with Crippen LogP contribution in [0.2, 0.25) is 0 Å². The number of piperidine rings is 1. The number of ether oxygens (including phenoxy) is 2. The van der Waals surface area contributed by atoms with Gasteiger partial charge in [0.15, 0.2) is 0 Å². The molecule has 1 saturated carbocycles.